The Labute approximate surface area is 162 Å². The van der Waals surface area contributed by atoms with Crippen LogP contribution in [0.4, 0.5) is 0 Å². The number of aryl methyl sites for hydroxylation is 2. The van der Waals surface area contributed by atoms with Crippen LogP contribution >= 0.6 is 0 Å². The second kappa shape index (κ2) is 7.60. The van der Waals surface area contributed by atoms with E-state index in [1.54, 1.807) is 0 Å². The van der Waals surface area contributed by atoms with Crippen LogP contribution in [0.25, 0.3) is 0 Å². The summed E-state index contributed by atoms with van der Waals surface area (Å²) in [6.45, 7) is 12.9. The molecule has 7 heteroatoms. The van der Waals surface area contributed by atoms with Crippen molar-refractivity contribution < 1.29 is 9.59 Å². The Kier molecular flexibility index (Phi) is 5.58. The van der Waals surface area contributed by atoms with E-state index in [1.807, 2.05) is 35.3 Å². The minimum absolute atomic E-state index is 0.112. The Morgan fingerprint density at radius 2 is 1.81 bits per heavy atom. The van der Waals surface area contributed by atoms with E-state index in [0.29, 0.717) is 13.0 Å². The van der Waals surface area contributed by atoms with E-state index in [9.17, 15) is 9.59 Å². The van der Waals surface area contributed by atoms with Crippen molar-refractivity contribution in [2.45, 2.75) is 72.9 Å². The van der Waals surface area contributed by atoms with Gasteiger partial charge in [-0.25, -0.2) is 9.67 Å². The number of carbonyl (C=O) groups excluding carboxylic acids is 2. The summed E-state index contributed by atoms with van der Waals surface area (Å²) in [7, 11) is 0. The second-order valence-electron chi connectivity index (χ2n) is 8.73. The summed E-state index contributed by atoms with van der Waals surface area (Å²) in [5.74, 6) is 1.96. The first-order chi connectivity index (χ1) is 12.7. The van der Waals surface area contributed by atoms with Crippen LogP contribution in [0, 0.1) is 25.2 Å². The number of hydrogen-bond donors (Lipinski definition) is 0. The first-order valence-electron chi connectivity index (χ1n) is 10.2. The molecule has 2 aliphatic rings. The second-order valence-corrected chi connectivity index (χ2v) is 8.73. The molecule has 0 bridgehead atoms. The van der Waals surface area contributed by atoms with E-state index in [4.69, 9.17) is 0 Å². The van der Waals surface area contributed by atoms with Crippen molar-refractivity contribution in [2.24, 2.45) is 11.3 Å². The quantitative estimate of drug-likeness (QED) is 0.809. The summed E-state index contributed by atoms with van der Waals surface area (Å²) in [5.41, 5.74) is 0.192. The van der Waals surface area contributed by atoms with Crippen LogP contribution in [0.2, 0.25) is 0 Å². The van der Waals surface area contributed by atoms with Crippen molar-refractivity contribution in [1.29, 1.82) is 0 Å². The number of carbonyl (C=O) groups is 2. The molecule has 7 nitrogen and oxygen atoms in total. The van der Waals surface area contributed by atoms with Gasteiger partial charge in [0.25, 0.3) is 0 Å². The minimum Gasteiger partial charge on any atom is -0.342 e. The molecule has 0 unspecified atom stereocenters. The zero-order valence-corrected chi connectivity index (χ0v) is 17.4. The van der Waals surface area contributed by atoms with E-state index in [0.717, 1.165) is 50.5 Å². The third kappa shape index (κ3) is 4.17. The monoisotopic (exact) mass is 375 g/mol. The highest BCUT2D eigenvalue weighted by atomic mass is 16.2. The van der Waals surface area contributed by atoms with Crippen molar-refractivity contribution in [3.63, 3.8) is 0 Å². The highest BCUT2D eigenvalue weighted by Crippen LogP contribution is 2.41. The molecule has 2 amide bonds. The largest absolute Gasteiger partial charge is 0.342 e. The molecule has 150 valence electrons. The average molecular weight is 376 g/mol. The van der Waals surface area contributed by atoms with Crippen LogP contribution in [0.5, 0.6) is 0 Å². The fourth-order valence-electron chi connectivity index (χ4n) is 4.51. The van der Waals surface area contributed by atoms with Crippen LogP contribution in [0.3, 0.4) is 0 Å². The van der Waals surface area contributed by atoms with Gasteiger partial charge in [0.05, 0.1) is 12.5 Å². The van der Waals surface area contributed by atoms with Crippen molar-refractivity contribution >= 4 is 11.8 Å². The summed E-state index contributed by atoms with van der Waals surface area (Å²) in [6, 6.07) is 0.253. The Bertz CT molecular complexity index is 703. The summed E-state index contributed by atoms with van der Waals surface area (Å²) in [5, 5.41) is 4.38. The maximum atomic E-state index is 12.9. The number of hydrogen-bond acceptors (Lipinski definition) is 4. The van der Waals surface area contributed by atoms with Crippen LogP contribution < -0.4 is 0 Å². The first kappa shape index (κ1) is 19.8. The predicted molar refractivity (Wildman–Crippen MR) is 103 cm³/mol. The van der Waals surface area contributed by atoms with Gasteiger partial charge in [-0.15, -0.1) is 0 Å². The topological polar surface area (TPSA) is 71.3 Å². The lowest BCUT2D eigenvalue weighted by Crippen LogP contribution is -2.54. The van der Waals surface area contributed by atoms with Gasteiger partial charge in [0.15, 0.2) is 0 Å². The Morgan fingerprint density at radius 3 is 2.37 bits per heavy atom. The predicted octanol–water partition coefficient (Wildman–Crippen LogP) is 2.17. The van der Waals surface area contributed by atoms with Gasteiger partial charge < -0.3 is 9.80 Å². The highest BCUT2D eigenvalue weighted by Gasteiger charge is 2.42. The van der Waals surface area contributed by atoms with Gasteiger partial charge in [0.2, 0.25) is 11.8 Å². The maximum Gasteiger partial charge on any atom is 0.227 e. The van der Waals surface area contributed by atoms with Crippen molar-refractivity contribution in [3.8, 4) is 0 Å². The molecule has 0 radical (unpaired) electrons. The normalized spacial score (nSPS) is 21.2. The SMILES string of the molecule is Cc1nc(C)n(C[C@H](C)C(=O)N2CCC3(CCC(=O)N(C(C)C)C3)CC2)n1. The smallest absolute Gasteiger partial charge is 0.227 e. The third-order valence-corrected chi connectivity index (χ3v) is 6.29. The van der Waals surface area contributed by atoms with Gasteiger partial charge in [0.1, 0.15) is 11.6 Å². The van der Waals surface area contributed by atoms with Crippen LogP contribution in [0.1, 0.15) is 58.1 Å². The molecule has 3 rings (SSSR count). The minimum atomic E-state index is -0.112. The van der Waals surface area contributed by atoms with Gasteiger partial charge in [-0.05, 0) is 52.4 Å². The van der Waals surface area contributed by atoms with Crippen molar-refractivity contribution in [2.75, 3.05) is 19.6 Å². The van der Waals surface area contributed by atoms with Gasteiger partial charge >= 0.3 is 0 Å². The number of rotatable bonds is 4. The molecular formula is C20H33N5O2. The average Bonchev–Trinajstić information content (AvgIpc) is 2.94. The number of likely N-dealkylation sites (tertiary alicyclic amines) is 2. The highest BCUT2D eigenvalue weighted by molar-refractivity contribution is 5.79. The van der Waals surface area contributed by atoms with E-state index < -0.39 is 0 Å². The molecule has 1 atom stereocenters. The molecule has 0 aliphatic carbocycles. The summed E-state index contributed by atoms with van der Waals surface area (Å²) >= 11 is 0. The third-order valence-electron chi connectivity index (χ3n) is 6.29. The molecule has 1 aromatic rings. The molecule has 2 saturated heterocycles. The summed E-state index contributed by atoms with van der Waals surface area (Å²) in [4.78, 5) is 33.4. The van der Waals surface area contributed by atoms with Gasteiger partial charge in [0, 0.05) is 32.1 Å². The van der Waals surface area contributed by atoms with Crippen LogP contribution in [0.15, 0.2) is 0 Å². The number of amides is 2. The lowest BCUT2D eigenvalue weighted by atomic mass is 9.72. The zero-order chi connectivity index (χ0) is 19.8. The lowest BCUT2D eigenvalue weighted by Gasteiger charge is -2.48. The number of piperidine rings is 2. The number of nitrogens with zero attached hydrogens (tertiary/aromatic N) is 5. The van der Waals surface area contributed by atoms with E-state index in [1.165, 1.54) is 0 Å². The molecular weight excluding hydrogens is 342 g/mol. The Morgan fingerprint density at radius 1 is 1.15 bits per heavy atom. The molecule has 0 aromatic carbocycles. The standard InChI is InChI=1S/C20H33N5O2/c1-14(2)24-13-20(7-6-18(24)26)8-10-23(11-9-20)19(27)15(3)12-25-17(5)21-16(4)22-25/h14-15H,6-13H2,1-5H3/t15-/m0/s1. The van der Waals surface area contributed by atoms with Crippen LogP contribution in [-0.2, 0) is 16.1 Å². The Balaban J connectivity index is 1.57. The lowest BCUT2D eigenvalue weighted by molar-refractivity contribution is -0.145. The first-order valence-corrected chi connectivity index (χ1v) is 10.2. The van der Waals surface area contributed by atoms with Crippen molar-refractivity contribution in [3.05, 3.63) is 11.6 Å². The van der Waals surface area contributed by atoms with E-state index >= 15 is 0 Å². The zero-order valence-electron chi connectivity index (χ0n) is 17.4. The summed E-state index contributed by atoms with van der Waals surface area (Å²) < 4.78 is 1.83. The molecule has 2 fully saturated rings. The Hall–Kier alpha value is -1.92. The molecule has 27 heavy (non-hydrogen) atoms. The number of aromatic nitrogens is 3. The van der Waals surface area contributed by atoms with Crippen LogP contribution in [-0.4, -0.2) is 62.1 Å². The van der Waals surface area contributed by atoms with Gasteiger partial charge in [-0.2, -0.15) is 5.10 Å². The van der Waals surface area contributed by atoms with E-state index in [2.05, 4.69) is 23.9 Å². The summed E-state index contributed by atoms with van der Waals surface area (Å²) in [6.07, 6.45) is 3.59. The maximum absolute atomic E-state index is 12.9. The van der Waals surface area contributed by atoms with Gasteiger partial charge in [-0.3, -0.25) is 9.59 Å². The molecule has 1 aromatic heterocycles. The molecule has 0 N–H and O–H groups in total. The van der Waals surface area contributed by atoms with Gasteiger partial charge in [-0.1, -0.05) is 6.92 Å². The molecule has 2 aliphatic heterocycles. The van der Waals surface area contributed by atoms with E-state index in [-0.39, 0.29) is 29.2 Å². The molecule has 1 spiro atoms. The fourth-order valence-corrected chi connectivity index (χ4v) is 4.51. The molecule has 3 heterocycles. The fraction of sp³-hybridized carbons (Fsp3) is 0.800. The molecule has 0 saturated carbocycles. The van der Waals surface area contributed by atoms with Crippen molar-refractivity contribution in [1.82, 2.24) is 24.6 Å².